The van der Waals surface area contributed by atoms with Gasteiger partial charge in [0.25, 0.3) is 5.91 Å². The van der Waals surface area contributed by atoms with Crippen LogP contribution in [0.15, 0.2) is 30.3 Å². The minimum absolute atomic E-state index is 0.127. The predicted octanol–water partition coefficient (Wildman–Crippen LogP) is 0.888. The Balaban J connectivity index is 2.31. The molecule has 0 unspecified atom stereocenters. The third-order valence-corrected chi connectivity index (χ3v) is 4.58. The highest BCUT2D eigenvalue weighted by atomic mass is 32.2. The van der Waals surface area contributed by atoms with Gasteiger partial charge in [-0.25, -0.2) is 13.2 Å². The second-order valence-corrected chi connectivity index (χ2v) is 7.40. The van der Waals surface area contributed by atoms with Gasteiger partial charge < -0.3 is 5.32 Å². The van der Waals surface area contributed by atoms with Gasteiger partial charge in [-0.15, -0.1) is 0 Å². The van der Waals surface area contributed by atoms with E-state index in [0.29, 0.717) is 12.0 Å². The molecule has 21 heavy (non-hydrogen) atoms. The van der Waals surface area contributed by atoms with E-state index in [9.17, 15) is 18.0 Å². The predicted molar refractivity (Wildman–Crippen MR) is 78.4 cm³/mol. The number of nitrogens with one attached hydrogen (secondary N) is 1. The van der Waals surface area contributed by atoms with Gasteiger partial charge in [0.2, 0.25) is 0 Å². The van der Waals surface area contributed by atoms with Crippen molar-refractivity contribution < 1.29 is 18.0 Å². The highest BCUT2D eigenvalue weighted by Crippen LogP contribution is 2.32. The van der Waals surface area contributed by atoms with E-state index < -0.39 is 27.3 Å². The summed E-state index contributed by atoms with van der Waals surface area (Å²) in [5.41, 5.74) is -0.400. The molecule has 1 atom stereocenters. The zero-order valence-corrected chi connectivity index (χ0v) is 12.8. The van der Waals surface area contributed by atoms with Gasteiger partial charge in [0.1, 0.15) is 15.4 Å². The normalized spacial score (nSPS) is 22.5. The Kier molecular flexibility index (Phi) is 4.04. The molecule has 1 fully saturated rings. The fourth-order valence-electron chi connectivity index (χ4n) is 2.45. The lowest BCUT2D eigenvalue weighted by molar-refractivity contribution is -0.131. The number of hydrogen-bond donors (Lipinski definition) is 1. The molecule has 0 radical (unpaired) electrons. The molecule has 7 heteroatoms. The summed E-state index contributed by atoms with van der Waals surface area (Å²) in [6, 6.07) is 8.43. The summed E-state index contributed by atoms with van der Waals surface area (Å²) in [6.07, 6.45) is 1.48. The van der Waals surface area contributed by atoms with Gasteiger partial charge in [-0.3, -0.25) is 9.69 Å². The number of carbonyl (C=O) groups is 2. The van der Waals surface area contributed by atoms with Crippen molar-refractivity contribution in [1.29, 1.82) is 0 Å². The molecule has 0 aromatic heterocycles. The number of urea groups is 1. The molecule has 1 aromatic carbocycles. The van der Waals surface area contributed by atoms with E-state index >= 15 is 0 Å². The minimum Gasteiger partial charge on any atom is -0.319 e. The van der Waals surface area contributed by atoms with Crippen molar-refractivity contribution in [2.75, 3.05) is 18.6 Å². The maximum absolute atomic E-state index is 12.6. The first kappa shape index (κ1) is 15.5. The number of rotatable bonds is 5. The Labute approximate surface area is 124 Å². The lowest BCUT2D eigenvalue weighted by Gasteiger charge is -2.25. The molecule has 2 rings (SSSR count). The molecule has 1 aliphatic heterocycles. The number of nitrogens with zero attached hydrogens (tertiary/aromatic N) is 1. The van der Waals surface area contributed by atoms with Crippen molar-refractivity contribution >= 4 is 21.8 Å². The standard InChI is InChI=1S/C14H18N2O4S/c1-3-14(11-7-5-4-6-8-11)12(17)16(13(18)15-14)9-10-21(2,19)20/h4-8H,3,9-10H2,1-2H3,(H,15,18)/t14-/m1/s1. The summed E-state index contributed by atoms with van der Waals surface area (Å²) in [5.74, 6) is -0.634. The average Bonchev–Trinajstić information content (AvgIpc) is 2.69. The molecule has 3 amide bonds. The highest BCUT2D eigenvalue weighted by molar-refractivity contribution is 7.90. The van der Waals surface area contributed by atoms with Gasteiger partial charge in [-0.05, 0) is 12.0 Å². The number of sulfone groups is 1. The van der Waals surface area contributed by atoms with Crippen molar-refractivity contribution in [3.63, 3.8) is 0 Å². The van der Waals surface area contributed by atoms with Crippen molar-refractivity contribution in [2.45, 2.75) is 18.9 Å². The Morgan fingerprint density at radius 2 is 1.81 bits per heavy atom. The second kappa shape index (κ2) is 5.48. The van der Waals surface area contributed by atoms with E-state index in [1.54, 1.807) is 24.3 Å². The minimum atomic E-state index is -3.24. The van der Waals surface area contributed by atoms with Gasteiger partial charge in [0.05, 0.1) is 5.75 Å². The van der Waals surface area contributed by atoms with Gasteiger partial charge >= 0.3 is 6.03 Å². The topological polar surface area (TPSA) is 83.6 Å². The van der Waals surface area contributed by atoms with Gasteiger partial charge in [0.15, 0.2) is 0 Å². The average molecular weight is 310 g/mol. The number of carbonyl (C=O) groups excluding carboxylic acids is 2. The second-order valence-electron chi connectivity index (χ2n) is 5.14. The first-order valence-electron chi connectivity index (χ1n) is 6.67. The molecule has 6 nitrogen and oxygen atoms in total. The van der Waals surface area contributed by atoms with Gasteiger partial charge in [-0.2, -0.15) is 0 Å². The zero-order chi connectivity index (χ0) is 15.7. The molecule has 0 spiro atoms. The van der Waals surface area contributed by atoms with Crippen LogP contribution in [0.3, 0.4) is 0 Å². The molecule has 0 saturated carbocycles. The van der Waals surface area contributed by atoms with Crippen LogP contribution in [0.4, 0.5) is 4.79 Å². The number of amides is 3. The smallest absolute Gasteiger partial charge is 0.319 e. The van der Waals surface area contributed by atoms with Crippen LogP contribution in [0.2, 0.25) is 0 Å². The number of benzene rings is 1. The Morgan fingerprint density at radius 3 is 2.33 bits per heavy atom. The Hall–Kier alpha value is -1.89. The van der Waals surface area contributed by atoms with Crippen LogP contribution in [0, 0.1) is 0 Å². The first-order chi connectivity index (χ1) is 9.80. The summed E-state index contributed by atoms with van der Waals surface area (Å²) in [4.78, 5) is 25.7. The fourth-order valence-corrected chi connectivity index (χ4v) is 2.96. The lowest BCUT2D eigenvalue weighted by atomic mass is 9.87. The van der Waals surface area contributed by atoms with E-state index in [2.05, 4.69) is 5.32 Å². The van der Waals surface area contributed by atoms with Gasteiger partial charge in [0, 0.05) is 12.8 Å². The molecule has 1 heterocycles. The van der Waals surface area contributed by atoms with Crippen molar-refractivity contribution in [2.24, 2.45) is 0 Å². The van der Waals surface area contributed by atoms with Crippen LogP contribution in [0.25, 0.3) is 0 Å². The van der Waals surface area contributed by atoms with E-state index in [1.165, 1.54) is 0 Å². The lowest BCUT2D eigenvalue weighted by Crippen LogP contribution is -2.43. The van der Waals surface area contributed by atoms with Crippen LogP contribution in [-0.2, 0) is 20.2 Å². The van der Waals surface area contributed by atoms with E-state index in [4.69, 9.17) is 0 Å². The first-order valence-corrected chi connectivity index (χ1v) is 8.73. The molecule has 0 bridgehead atoms. The van der Waals surface area contributed by atoms with Gasteiger partial charge in [-0.1, -0.05) is 37.3 Å². The van der Waals surface area contributed by atoms with Crippen molar-refractivity contribution in [3.8, 4) is 0 Å². The van der Waals surface area contributed by atoms with Crippen LogP contribution in [-0.4, -0.2) is 43.8 Å². The van der Waals surface area contributed by atoms with Crippen LogP contribution >= 0.6 is 0 Å². The molecule has 1 N–H and O–H groups in total. The SMILES string of the molecule is CC[C@]1(c2ccccc2)NC(=O)N(CCS(C)(=O)=O)C1=O. The van der Waals surface area contributed by atoms with Crippen molar-refractivity contribution in [1.82, 2.24) is 10.2 Å². The Bertz CT molecular complexity index is 657. The zero-order valence-electron chi connectivity index (χ0n) is 12.0. The monoisotopic (exact) mass is 310 g/mol. The maximum atomic E-state index is 12.6. The van der Waals surface area contributed by atoms with E-state index in [0.717, 1.165) is 11.2 Å². The molecular weight excluding hydrogens is 292 g/mol. The van der Waals surface area contributed by atoms with Crippen LogP contribution < -0.4 is 5.32 Å². The summed E-state index contributed by atoms with van der Waals surface area (Å²) >= 11 is 0. The summed E-state index contributed by atoms with van der Waals surface area (Å²) in [5, 5.41) is 2.71. The molecule has 1 aromatic rings. The Morgan fingerprint density at radius 1 is 1.19 bits per heavy atom. The maximum Gasteiger partial charge on any atom is 0.325 e. The molecular formula is C14H18N2O4S. The van der Waals surface area contributed by atoms with Crippen LogP contribution in [0.1, 0.15) is 18.9 Å². The number of hydrogen-bond acceptors (Lipinski definition) is 4. The highest BCUT2D eigenvalue weighted by Gasteiger charge is 2.50. The fraction of sp³-hybridized carbons (Fsp3) is 0.429. The molecule has 1 aliphatic rings. The van der Waals surface area contributed by atoms with Crippen LogP contribution in [0.5, 0.6) is 0 Å². The van der Waals surface area contributed by atoms with Crippen molar-refractivity contribution in [3.05, 3.63) is 35.9 Å². The molecule has 1 saturated heterocycles. The van der Waals surface area contributed by atoms with E-state index in [-0.39, 0.29) is 12.3 Å². The summed E-state index contributed by atoms with van der Waals surface area (Å²) < 4.78 is 22.5. The third kappa shape index (κ3) is 2.92. The molecule has 0 aliphatic carbocycles. The number of imide groups is 1. The summed E-state index contributed by atoms with van der Waals surface area (Å²) in [6.45, 7) is 1.68. The quantitative estimate of drug-likeness (QED) is 0.819. The third-order valence-electron chi connectivity index (χ3n) is 3.66. The summed E-state index contributed by atoms with van der Waals surface area (Å²) in [7, 11) is -3.24. The molecule has 114 valence electrons. The van der Waals surface area contributed by atoms with E-state index in [1.807, 2.05) is 13.0 Å². The largest absolute Gasteiger partial charge is 0.325 e.